The Balaban J connectivity index is 2.29. The number of hydrogen-bond donors (Lipinski definition) is 0. The van der Waals surface area contributed by atoms with Crippen LogP contribution >= 0.6 is 27.5 Å². The molecule has 0 fully saturated rings. The van der Waals surface area contributed by atoms with Gasteiger partial charge in [-0.15, -0.1) is 0 Å². The van der Waals surface area contributed by atoms with Crippen LogP contribution in [0.1, 0.15) is 31.3 Å². The first-order chi connectivity index (χ1) is 8.00. The molecule has 0 N–H and O–H groups in total. The maximum absolute atomic E-state index is 4.45. The second-order valence-corrected chi connectivity index (χ2v) is 6.37. The molecule has 0 radical (unpaired) electrons. The molecule has 0 aliphatic heterocycles. The van der Waals surface area contributed by atoms with Crippen molar-refractivity contribution in [2.75, 3.05) is 0 Å². The van der Waals surface area contributed by atoms with Crippen LogP contribution in [-0.4, -0.2) is 9.36 Å². The SMILES string of the molecule is CC(C)(C)c1ccc(-c2nsc(CBr)n2)cc1. The van der Waals surface area contributed by atoms with E-state index in [-0.39, 0.29) is 5.41 Å². The number of aromatic nitrogens is 2. The molecule has 1 aromatic heterocycles. The van der Waals surface area contributed by atoms with E-state index >= 15 is 0 Å². The van der Waals surface area contributed by atoms with Crippen LogP contribution in [0.15, 0.2) is 24.3 Å². The fourth-order valence-corrected chi connectivity index (χ4v) is 2.49. The predicted molar refractivity (Wildman–Crippen MR) is 76.7 cm³/mol. The first-order valence-corrected chi connectivity index (χ1v) is 7.39. The molecule has 2 aromatic rings. The van der Waals surface area contributed by atoms with Crippen molar-refractivity contribution >= 4 is 27.5 Å². The van der Waals surface area contributed by atoms with E-state index in [1.807, 2.05) is 0 Å². The molecule has 4 heteroatoms. The summed E-state index contributed by atoms with van der Waals surface area (Å²) in [5, 5.41) is 1.78. The van der Waals surface area contributed by atoms with Gasteiger partial charge in [0, 0.05) is 5.56 Å². The van der Waals surface area contributed by atoms with Gasteiger partial charge < -0.3 is 0 Å². The Bertz CT molecular complexity index is 497. The van der Waals surface area contributed by atoms with E-state index in [4.69, 9.17) is 0 Å². The number of rotatable bonds is 2. The van der Waals surface area contributed by atoms with E-state index in [1.54, 1.807) is 0 Å². The first kappa shape index (κ1) is 12.7. The summed E-state index contributed by atoms with van der Waals surface area (Å²) >= 11 is 4.84. The number of halogens is 1. The minimum absolute atomic E-state index is 0.190. The Morgan fingerprint density at radius 2 is 1.82 bits per heavy atom. The van der Waals surface area contributed by atoms with Gasteiger partial charge in [-0.3, -0.25) is 0 Å². The third kappa shape index (κ3) is 2.93. The molecule has 2 rings (SSSR count). The molecule has 0 bridgehead atoms. The summed E-state index contributed by atoms with van der Waals surface area (Å²) in [6.07, 6.45) is 0. The summed E-state index contributed by atoms with van der Waals surface area (Å²) in [4.78, 5) is 4.45. The average Bonchev–Trinajstić information content (AvgIpc) is 2.76. The van der Waals surface area contributed by atoms with E-state index in [1.165, 1.54) is 17.1 Å². The maximum atomic E-state index is 4.45. The standard InChI is InChI=1S/C13H15BrN2S/c1-13(2,3)10-6-4-9(5-7-10)12-15-11(8-14)17-16-12/h4-7H,8H2,1-3H3. The van der Waals surface area contributed by atoms with Crippen molar-refractivity contribution in [1.29, 1.82) is 0 Å². The normalized spacial score (nSPS) is 11.8. The summed E-state index contributed by atoms with van der Waals surface area (Å²) < 4.78 is 4.35. The zero-order valence-corrected chi connectivity index (χ0v) is 12.6. The summed E-state index contributed by atoms with van der Waals surface area (Å²) in [6, 6.07) is 8.51. The van der Waals surface area contributed by atoms with E-state index in [0.29, 0.717) is 0 Å². The van der Waals surface area contributed by atoms with E-state index in [9.17, 15) is 0 Å². The van der Waals surface area contributed by atoms with Crippen LogP contribution in [0.2, 0.25) is 0 Å². The third-order valence-corrected chi connectivity index (χ3v) is 4.20. The quantitative estimate of drug-likeness (QED) is 0.768. The molecular formula is C13H15BrN2S. The lowest BCUT2D eigenvalue weighted by atomic mass is 9.87. The van der Waals surface area contributed by atoms with Crippen LogP contribution in [0.25, 0.3) is 11.4 Å². The van der Waals surface area contributed by atoms with Crippen LogP contribution in [0, 0.1) is 0 Å². The van der Waals surface area contributed by atoms with Gasteiger partial charge in [-0.05, 0) is 22.5 Å². The van der Waals surface area contributed by atoms with Gasteiger partial charge in [0.15, 0.2) is 5.82 Å². The second-order valence-electron chi connectivity index (χ2n) is 4.97. The highest BCUT2D eigenvalue weighted by molar-refractivity contribution is 9.08. The molecule has 0 aliphatic rings. The van der Waals surface area contributed by atoms with Gasteiger partial charge in [0.25, 0.3) is 0 Å². The molecule has 0 amide bonds. The van der Waals surface area contributed by atoms with Crippen molar-refractivity contribution in [1.82, 2.24) is 9.36 Å². The Labute approximate surface area is 114 Å². The molecule has 0 saturated carbocycles. The highest BCUT2D eigenvalue weighted by Crippen LogP contribution is 2.25. The molecule has 90 valence electrons. The van der Waals surface area contributed by atoms with Crippen LogP contribution in [0.3, 0.4) is 0 Å². The van der Waals surface area contributed by atoms with E-state index < -0.39 is 0 Å². The third-order valence-electron chi connectivity index (χ3n) is 2.59. The van der Waals surface area contributed by atoms with Gasteiger partial charge in [-0.2, -0.15) is 4.37 Å². The number of alkyl halides is 1. The molecule has 17 heavy (non-hydrogen) atoms. The minimum Gasteiger partial charge on any atom is -0.219 e. The monoisotopic (exact) mass is 310 g/mol. The molecule has 0 unspecified atom stereocenters. The van der Waals surface area contributed by atoms with E-state index in [0.717, 1.165) is 21.7 Å². The summed E-state index contributed by atoms with van der Waals surface area (Å²) in [7, 11) is 0. The topological polar surface area (TPSA) is 25.8 Å². The Kier molecular flexibility index (Phi) is 3.64. The lowest BCUT2D eigenvalue weighted by molar-refractivity contribution is 0.590. The van der Waals surface area contributed by atoms with Gasteiger partial charge in [0.1, 0.15) is 5.01 Å². The second kappa shape index (κ2) is 4.86. The van der Waals surface area contributed by atoms with Crippen LogP contribution in [-0.2, 0) is 10.7 Å². The fraction of sp³-hybridized carbons (Fsp3) is 0.385. The minimum atomic E-state index is 0.190. The summed E-state index contributed by atoms with van der Waals surface area (Å²) in [5.41, 5.74) is 2.60. The van der Waals surface area contributed by atoms with Crippen LogP contribution in [0.5, 0.6) is 0 Å². The molecule has 1 aromatic carbocycles. The number of benzene rings is 1. The van der Waals surface area contributed by atoms with Crippen molar-refractivity contribution in [2.45, 2.75) is 31.5 Å². The van der Waals surface area contributed by atoms with Crippen molar-refractivity contribution in [3.05, 3.63) is 34.8 Å². The predicted octanol–water partition coefficient (Wildman–Crippen LogP) is 4.40. The Hall–Kier alpha value is -0.740. The Morgan fingerprint density at radius 1 is 1.18 bits per heavy atom. The van der Waals surface area contributed by atoms with Crippen molar-refractivity contribution < 1.29 is 0 Å². The van der Waals surface area contributed by atoms with Gasteiger partial charge >= 0.3 is 0 Å². The highest BCUT2D eigenvalue weighted by atomic mass is 79.9. The lowest BCUT2D eigenvalue weighted by Gasteiger charge is -2.18. The van der Waals surface area contributed by atoms with Gasteiger partial charge in [0.2, 0.25) is 0 Å². The van der Waals surface area contributed by atoms with Crippen LogP contribution < -0.4 is 0 Å². The highest BCUT2D eigenvalue weighted by Gasteiger charge is 2.13. The average molecular weight is 311 g/mol. The van der Waals surface area contributed by atoms with E-state index in [2.05, 4.69) is 70.3 Å². The Morgan fingerprint density at radius 3 is 2.29 bits per heavy atom. The largest absolute Gasteiger partial charge is 0.219 e. The smallest absolute Gasteiger partial charge is 0.173 e. The van der Waals surface area contributed by atoms with Crippen molar-refractivity contribution in [2.24, 2.45) is 0 Å². The molecule has 0 aliphatic carbocycles. The maximum Gasteiger partial charge on any atom is 0.173 e. The molecule has 0 spiro atoms. The summed E-state index contributed by atoms with van der Waals surface area (Å²) in [6.45, 7) is 6.64. The van der Waals surface area contributed by atoms with Gasteiger partial charge in [0.05, 0.1) is 5.33 Å². The number of hydrogen-bond acceptors (Lipinski definition) is 3. The molecule has 0 saturated heterocycles. The summed E-state index contributed by atoms with van der Waals surface area (Å²) in [5.74, 6) is 0.824. The molecule has 0 atom stereocenters. The fourth-order valence-electron chi connectivity index (χ4n) is 1.55. The number of nitrogens with zero attached hydrogens (tertiary/aromatic N) is 2. The van der Waals surface area contributed by atoms with Gasteiger partial charge in [-0.1, -0.05) is 61.0 Å². The zero-order chi connectivity index (χ0) is 12.5. The molecule has 1 heterocycles. The zero-order valence-electron chi connectivity index (χ0n) is 10.2. The molecule has 2 nitrogen and oxygen atoms in total. The van der Waals surface area contributed by atoms with Crippen molar-refractivity contribution in [3.8, 4) is 11.4 Å². The van der Waals surface area contributed by atoms with Gasteiger partial charge in [-0.25, -0.2) is 4.98 Å². The molecular weight excluding hydrogens is 296 g/mol. The first-order valence-electron chi connectivity index (χ1n) is 5.50. The van der Waals surface area contributed by atoms with Crippen LogP contribution in [0.4, 0.5) is 0 Å². The van der Waals surface area contributed by atoms with Crippen molar-refractivity contribution in [3.63, 3.8) is 0 Å². The lowest BCUT2D eigenvalue weighted by Crippen LogP contribution is -2.10.